The number of hydrogen-bond donors (Lipinski definition) is 1. The number of morpholine rings is 1. The maximum absolute atomic E-state index is 12.9. The summed E-state index contributed by atoms with van der Waals surface area (Å²) < 4.78 is 11.1. The second kappa shape index (κ2) is 9.90. The van der Waals surface area contributed by atoms with Crippen LogP contribution in [-0.4, -0.2) is 80.8 Å². The van der Waals surface area contributed by atoms with E-state index in [2.05, 4.69) is 10.2 Å². The van der Waals surface area contributed by atoms with Gasteiger partial charge in [-0.1, -0.05) is 30.3 Å². The molecule has 1 aromatic rings. The van der Waals surface area contributed by atoms with Crippen molar-refractivity contribution in [3.8, 4) is 0 Å². The van der Waals surface area contributed by atoms with E-state index in [1.807, 2.05) is 30.3 Å². The second-order valence-corrected chi connectivity index (χ2v) is 8.88. The van der Waals surface area contributed by atoms with Crippen molar-refractivity contribution in [2.75, 3.05) is 59.2 Å². The molecule has 1 unspecified atom stereocenters. The van der Waals surface area contributed by atoms with Crippen LogP contribution in [0.15, 0.2) is 30.3 Å². The lowest BCUT2D eigenvalue weighted by molar-refractivity contribution is -0.129. The number of hydrogen-bond acceptors (Lipinski definition) is 5. The highest BCUT2D eigenvalue weighted by atomic mass is 16.5. The van der Waals surface area contributed by atoms with E-state index >= 15 is 0 Å². The molecule has 0 radical (unpaired) electrons. The van der Waals surface area contributed by atoms with Crippen LogP contribution in [0.3, 0.4) is 0 Å². The number of carbonyl (C=O) groups excluding carboxylic acids is 2. The van der Waals surface area contributed by atoms with Crippen LogP contribution in [0.25, 0.3) is 0 Å². The Morgan fingerprint density at radius 2 is 1.77 bits per heavy atom. The number of carbonyl (C=O) groups is 2. The van der Waals surface area contributed by atoms with Gasteiger partial charge in [-0.05, 0) is 18.4 Å². The Morgan fingerprint density at radius 1 is 1.07 bits per heavy atom. The van der Waals surface area contributed by atoms with Crippen LogP contribution < -0.4 is 5.32 Å². The smallest absolute Gasteiger partial charge is 0.225 e. The lowest BCUT2D eigenvalue weighted by Crippen LogP contribution is -2.51. The molecule has 7 heteroatoms. The Kier molecular flexibility index (Phi) is 7.02. The zero-order valence-electron chi connectivity index (χ0n) is 17.7. The molecule has 1 N–H and O–H groups in total. The number of benzene rings is 1. The molecular formula is C23H33N3O4. The van der Waals surface area contributed by atoms with Crippen LogP contribution >= 0.6 is 0 Å². The predicted octanol–water partition coefficient (Wildman–Crippen LogP) is 1.28. The van der Waals surface area contributed by atoms with Gasteiger partial charge in [-0.25, -0.2) is 0 Å². The number of rotatable bonds is 7. The van der Waals surface area contributed by atoms with Crippen molar-refractivity contribution >= 4 is 11.8 Å². The maximum atomic E-state index is 12.9. The summed E-state index contributed by atoms with van der Waals surface area (Å²) in [5, 5.41) is 3.20. The normalized spacial score (nSPS) is 24.7. The summed E-state index contributed by atoms with van der Waals surface area (Å²) in [6.45, 7) is 7.62. The van der Waals surface area contributed by atoms with E-state index in [-0.39, 0.29) is 23.1 Å². The molecule has 4 rings (SSSR count). The van der Waals surface area contributed by atoms with Gasteiger partial charge in [-0.3, -0.25) is 14.5 Å². The number of ether oxygens (including phenoxy) is 2. The summed E-state index contributed by atoms with van der Waals surface area (Å²) in [4.78, 5) is 29.6. The molecule has 1 aromatic carbocycles. The maximum Gasteiger partial charge on any atom is 0.225 e. The summed E-state index contributed by atoms with van der Waals surface area (Å²) in [6, 6.07) is 9.95. The minimum atomic E-state index is -0.263. The Labute approximate surface area is 178 Å². The van der Waals surface area contributed by atoms with Gasteiger partial charge >= 0.3 is 0 Å². The quantitative estimate of drug-likeness (QED) is 0.727. The molecule has 3 fully saturated rings. The zero-order valence-corrected chi connectivity index (χ0v) is 17.7. The van der Waals surface area contributed by atoms with Crippen molar-refractivity contribution in [2.24, 2.45) is 11.3 Å². The monoisotopic (exact) mass is 415 g/mol. The molecule has 3 aliphatic rings. The van der Waals surface area contributed by atoms with Crippen LogP contribution in [0.1, 0.15) is 24.8 Å². The average molecular weight is 416 g/mol. The SMILES string of the molecule is O=C(NCC1(CN2CCOCC2)CCOCC1)C1CC(=O)N(Cc2ccccc2)C1. The topological polar surface area (TPSA) is 71.1 Å². The third-order valence-corrected chi connectivity index (χ3v) is 6.66. The fourth-order valence-electron chi connectivity index (χ4n) is 4.75. The van der Waals surface area contributed by atoms with Crippen LogP contribution in [0.2, 0.25) is 0 Å². The highest BCUT2D eigenvalue weighted by molar-refractivity contribution is 5.89. The molecule has 3 saturated heterocycles. The summed E-state index contributed by atoms with van der Waals surface area (Å²) in [6.07, 6.45) is 2.21. The van der Waals surface area contributed by atoms with Crippen LogP contribution in [0.5, 0.6) is 0 Å². The van der Waals surface area contributed by atoms with E-state index in [4.69, 9.17) is 9.47 Å². The summed E-state index contributed by atoms with van der Waals surface area (Å²) in [5.41, 5.74) is 1.14. The molecule has 30 heavy (non-hydrogen) atoms. The molecule has 1 atom stereocenters. The van der Waals surface area contributed by atoms with Crippen molar-refractivity contribution in [2.45, 2.75) is 25.8 Å². The first kappa shape index (κ1) is 21.3. The predicted molar refractivity (Wildman–Crippen MR) is 113 cm³/mol. The average Bonchev–Trinajstić information content (AvgIpc) is 3.14. The molecule has 0 spiro atoms. The largest absolute Gasteiger partial charge is 0.381 e. The molecule has 0 saturated carbocycles. The standard InChI is InChI=1S/C23H33N3O4/c27-21-14-20(16-26(21)15-19-4-2-1-3-5-19)22(28)24-17-23(6-10-29-11-7-23)18-25-8-12-30-13-9-25/h1-5,20H,6-18H2,(H,24,28). The first-order valence-corrected chi connectivity index (χ1v) is 11.1. The number of likely N-dealkylation sites (tertiary alicyclic amines) is 1. The van der Waals surface area contributed by atoms with Gasteiger partial charge in [-0.15, -0.1) is 0 Å². The van der Waals surface area contributed by atoms with Crippen LogP contribution in [-0.2, 0) is 25.6 Å². The summed E-state index contributed by atoms with van der Waals surface area (Å²) in [7, 11) is 0. The minimum absolute atomic E-state index is 0.00626. The van der Waals surface area contributed by atoms with Crippen molar-refractivity contribution in [1.82, 2.24) is 15.1 Å². The van der Waals surface area contributed by atoms with Gasteiger partial charge in [0.25, 0.3) is 0 Å². The number of nitrogens with one attached hydrogen (secondary N) is 1. The van der Waals surface area contributed by atoms with E-state index in [1.165, 1.54) is 0 Å². The van der Waals surface area contributed by atoms with E-state index < -0.39 is 0 Å². The Balaban J connectivity index is 1.31. The molecule has 7 nitrogen and oxygen atoms in total. The molecule has 2 amide bonds. The molecule has 0 aliphatic carbocycles. The molecule has 3 aliphatic heterocycles. The Bertz CT molecular complexity index is 714. The Morgan fingerprint density at radius 3 is 2.50 bits per heavy atom. The number of nitrogens with zero attached hydrogens (tertiary/aromatic N) is 2. The third kappa shape index (κ3) is 5.39. The number of amides is 2. The van der Waals surface area contributed by atoms with Crippen molar-refractivity contribution in [3.63, 3.8) is 0 Å². The van der Waals surface area contributed by atoms with E-state index in [1.54, 1.807) is 4.90 Å². The van der Waals surface area contributed by atoms with Gasteiger partial charge in [-0.2, -0.15) is 0 Å². The fraction of sp³-hybridized carbons (Fsp3) is 0.652. The first-order chi connectivity index (χ1) is 14.6. The van der Waals surface area contributed by atoms with Gasteiger partial charge in [0.05, 0.1) is 19.1 Å². The van der Waals surface area contributed by atoms with Gasteiger partial charge in [0, 0.05) is 64.3 Å². The van der Waals surface area contributed by atoms with Crippen LogP contribution in [0.4, 0.5) is 0 Å². The highest BCUT2D eigenvalue weighted by Crippen LogP contribution is 2.31. The molecule has 3 heterocycles. The van der Waals surface area contributed by atoms with Gasteiger partial charge < -0.3 is 19.7 Å². The first-order valence-electron chi connectivity index (χ1n) is 11.1. The second-order valence-electron chi connectivity index (χ2n) is 8.88. The Hall–Kier alpha value is -1.96. The van der Waals surface area contributed by atoms with E-state index in [0.717, 1.165) is 64.5 Å². The molecule has 0 bridgehead atoms. The molecular weight excluding hydrogens is 382 g/mol. The lowest BCUT2D eigenvalue weighted by atomic mass is 9.79. The van der Waals surface area contributed by atoms with Gasteiger partial charge in [0.15, 0.2) is 0 Å². The molecule has 0 aromatic heterocycles. The minimum Gasteiger partial charge on any atom is -0.381 e. The van der Waals surface area contributed by atoms with Crippen molar-refractivity contribution in [3.05, 3.63) is 35.9 Å². The summed E-state index contributed by atoms with van der Waals surface area (Å²) >= 11 is 0. The third-order valence-electron chi connectivity index (χ3n) is 6.66. The highest BCUT2D eigenvalue weighted by Gasteiger charge is 2.38. The van der Waals surface area contributed by atoms with Crippen molar-refractivity contribution < 1.29 is 19.1 Å². The summed E-state index contributed by atoms with van der Waals surface area (Å²) in [5.74, 6) is -0.193. The molecule has 164 valence electrons. The van der Waals surface area contributed by atoms with Gasteiger partial charge in [0.2, 0.25) is 11.8 Å². The zero-order chi connectivity index (χ0) is 20.8. The van der Waals surface area contributed by atoms with Crippen molar-refractivity contribution in [1.29, 1.82) is 0 Å². The van der Waals surface area contributed by atoms with Crippen LogP contribution in [0, 0.1) is 11.3 Å². The van der Waals surface area contributed by atoms with Gasteiger partial charge in [0.1, 0.15) is 0 Å². The fourth-order valence-corrected chi connectivity index (χ4v) is 4.75. The lowest BCUT2D eigenvalue weighted by Gasteiger charge is -2.42. The van der Waals surface area contributed by atoms with E-state index in [0.29, 0.717) is 26.1 Å². The van der Waals surface area contributed by atoms with E-state index in [9.17, 15) is 9.59 Å².